The molecule has 8 heteroatoms. The van der Waals surface area contributed by atoms with Crippen molar-refractivity contribution in [1.29, 1.82) is 0 Å². The molecule has 0 amide bonds. The molecule has 5 N–H and O–H groups in total. The van der Waals surface area contributed by atoms with Crippen molar-refractivity contribution >= 4 is 43.4 Å². The summed E-state index contributed by atoms with van der Waals surface area (Å²) in [6.45, 7) is 5.17. The molecule has 0 unspecified atom stereocenters. The number of aromatic nitrogens is 3. The maximum absolute atomic E-state index is 5.54. The third-order valence-corrected chi connectivity index (χ3v) is 6.41. The first-order chi connectivity index (χ1) is 12.9. The minimum atomic E-state index is 0.803. The zero-order chi connectivity index (χ0) is 17.5. The SMILES string of the molecule is [NH3+]CCNc1ncnc2c1sc1[nH+]c(N3CCOCC3)c3c(c12)CCC3. The van der Waals surface area contributed by atoms with Gasteiger partial charge >= 0.3 is 0 Å². The van der Waals surface area contributed by atoms with Crippen molar-refractivity contribution in [1.82, 2.24) is 9.97 Å². The molecule has 5 rings (SSSR count). The van der Waals surface area contributed by atoms with Crippen LogP contribution in [0, 0.1) is 0 Å². The average molecular weight is 372 g/mol. The number of pyridine rings is 1. The molecule has 1 saturated heterocycles. The van der Waals surface area contributed by atoms with Gasteiger partial charge in [0.15, 0.2) is 4.83 Å². The summed E-state index contributed by atoms with van der Waals surface area (Å²) in [6, 6.07) is 0. The first-order valence-electron chi connectivity index (χ1n) is 9.37. The lowest BCUT2D eigenvalue weighted by molar-refractivity contribution is -0.362. The summed E-state index contributed by atoms with van der Waals surface area (Å²) in [4.78, 5) is 16.5. The van der Waals surface area contributed by atoms with E-state index in [1.807, 2.05) is 0 Å². The molecule has 7 nitrogen and oxygen atoms in total. The number of nitrogens with one attached hydrogen (secondary N) is 2. The molecule has 0 radical (unpaired) electrons. The third kappa shape index (κ3) is 2.52. The van der Waals surface area contributed by atoms with Crippen molar-refractivity contribution in [3.05, 3.63) is 17.5 Å². The molecule has 1 aliphatic heterocycles. The van der Waals surface area contributed by atoms with Crippen molar-refractivity contribution in [3.8, 4) is 0 Å². The number of aryl methyl sites for hydroxylation is 1. The highest BCUT2D eigenvalue weighted by molar-refractivity contribution is 7.25. The van der Waals surface area contributed by atoms with Crippen molar-refractivity contribution in [2.24, 2.45) is 0 Å². The van der Waals surface area contributed by atoms with E-state index in [2.05, 4.69) is 30.9 Å². The van der Waals surface area contributed by atoms with Gasteiger partial charge in [0, 0.05) is 5.56 Å². The highest BCUT2D eigenvalue weighted by Gasteiger charge is 2.31. The number of hydrogen-bond donors (Lipinski definition) is 2. The number of aromatic amines is 1. The first kappa shape index (κ1) is 16.2. The largest absolute Gasteiger partial charge is 0.373 e. The van der Waals surface area contributed by atoms with Crippen molar-refractivity contribution in [2.45, 2.75) is 19.3 Å². The highest BCUT2D eigenvalue weighted by atomic mass is 32.1. The monoisotopic (exact) mass is 372 g/mol. The summed E-state index contributed by atoms with van der Waals surface area (Å²) in [5.41, 5.74) is 7.94. The van der Waals surface area contributed by atoms with Crippen LogP contribution < -0.4 is 20.9 Å². The van der Waals surface area contributed by atoms with Gasteiger partial charge in [0.1, 0.15) is 29.9 Å². The Kier molecular flexibility index (Phi) is 4.11. The fourth-order valence-electron chi connectivity index (χ4n) is 4.13. The van der Waals surface area contributed by atoms with Crippen LogP contribution in [0.1, 0.15) is 17.5 Å². The molecule has 0 saturated carbocycles. The van der Waals surface area contributed by atoms with E-state index in [1.54, 1.807) is 17.7 Å². The van der Waals surface area contributed by atoms with E-state index in [4.69, 9.17) is 4.74 Å². The van der Waals surface area contributed by atoms with E-state index in [-0.39, 0.29) is 0 Å². The van der Waals surface area contributed by atoms with E-state index in [0.717, 1.165) is 68.3 Å². The van der Waals surface area contributed by atoms with Crippen molar-refractivity contribution < 1.29 is 15.5 Å². The fourth-order valence-corrected chi connectivity index (χ4v) is 5.28. The van der Waals surface area contributed by atoms with Gasteiger partial charge in [-0.2, -0.15) is 0 Å². The Morgan fingerprint density at radius 3 is 2.92 bits per heavy atom. The Labute approximate surface area is 155 Å². The lowest BCUT2D eigenvalue weighted by Gasteiger charge is -2.23. The topological polar surface area (TPSA) is 92.1 Å². The molecule has 1 aliphatic carbocycles. The molecule has 3 aromatic heterocycles. The van der Waals surface area contributed by atoms with Crippen LogP contribution in [0.25, 0.3) is 20.4 Å². The normalized spacial score (nSPS) is 17.2. The van der Waals surface area contributed by atoms with Crippen LogP contribution in [0.5, 0.6) is 0 Å². The predicted molar refractivity (Wildman–Crippen MR) is 103 cm³/mol. The van der Waals surface area contributed by atoms with Gasteiger partial charge in [-0.25, -0.2) is 15.0 Å². The van der Waals surface area contributed by atoms with Crippen molar-refractivity contribution in [2.75, 3.05) is 49.6 Å². The van der Waals surface area contributed by atoms with Gasteiger partial charge in [-0.1, -0.05) is 11.3 Å². The van der Waals surface area contributed by atoms with Crippen molar-refractivity contribution in [3.63, 3.8) is 0 Å². The Hall–Kier alpha value is -2.03. The molecule has 136 valence electrons. The molecule has 4 heterocycles. The molecule has 1 fully saturated rings. The molecule has 0 atom stereocenters. The minimum absolute atomic E-state index is 0.803. The maximum Gasteiger partial charge on any atom is 0.279 e. The lowest BCUT2D eigenvalue weighted by Crippen LogP contribution is -2.53. The third-order valence-electron chi connectivity index (χ3n) is 5.31. The second-order valence-electron chi connectivity index (χ2n) is 6.87. The second-order valence-corrected chi connectivity index (χ2v) is 7.89. The van der Waals surface area contributed by atoms with Crippen LogP contribution in [0.2, 0.25) is 0 Å². The van der Waals surface area contributed by atoms with Crippen LogP contribution in [-0.4, -0.2) is 49.4 Å². The number of rotatable bonds is 4. The number of morpholine rings is 1. The van der Waals surface area contributed by atoms with E-state index >= 15 is 0 Å². The first-order valence-corrected chi connectivity index (χ1v) is 10.2. The highest BCUT2D eigenvalue weighted by Crippen LogP contribution is 2.41. The van der Waals surface area contributed by atoms with E-state index in [1.165, 1.54) is 33.6 Å². The number of ether oxygens (including phenoxy) is 1. The lowest BCUT2D eigenvalue weighted by atomic mass is 10.1. The molecule has 3 aromatic rings. The molecular formula is C18H24N6OS+2. The van der Waals surface area contributed by atoms with Gasteiger partial charge in [-0.15, -0.1) is 0 Å². The molecule has 2 aliphatic rings. The van der Waals surface area contributed by atoms with Gasteiger partial charge in [-0.05, 0) is 24.8 Å². The number of H-pyrrole nitrogens is 1. The van der Waals surface area contributed by atoms with Gasteiger partial charge in [0.2, 0.25) is 0 Å². The Morgan fingerprint density at radius 1 is 1.23 bits per heavy atom. The maximum atomic E-state index is 5.54. The molecule has 0 spiro atoms. The van der Waals surface area contributed by atoms with Crippen LogP contribution in [0.4, 0.5) is 11.6 Å². The van der Waals surface area contributed by atoms with Gasteiger partial charge in [0.25, 0.3) is 5.82 Å². The number of anilines is 2. The molecule has 26 heavy (non-hydrogen) atoms. The number of quaternary nitrogens is 1. The summed E-state index contributed by atoms with van der Waals surface area (Å²) in [5.74, 6) is 2.22. The van der Waals surface area contributed by atoms with E-state index in [0.29, 0.717) is 0 Å². The van der Waals surface area contributed by atoms with Crippen LogP contribution in [-0.2, 0) is 17.6 Å². The number of thiophene rings is 1. The standard InChI is InChI=1S/C18H22N6OS/c19-4-5-20-16-15-14(21-10-22-16)13-11-2-1-3-12(11)17(23-18(13)26-15)24-6-8-25-9-7-24/h10H,1-9,19H2,(H,20,21,22)/p+2. The predicted octanol–water partition coefficient (Wildman–Crippen LogP) is 0.638. The summed E-state index contributed by atoms with van der Waals surface area (Å²) < 4.78 is 6.68. The number of hydrogen-bond acceptors (Lipinski definition) is 6. The van der Waals surface area contributed by atoms with Crippen LogP contribution in [0.15, 0.2) is 6.33 Å². The molecule has 0 aromatic carbocycles. The fraction of sp³-hybridized carbons (Fsp3) is 0.500. The smallest absolute Gasteiger partial charge is 0.279 e. The number of nitrogens with zero attached hydrogens (tertiary/aromatic N) is 3. The van der Waals surface area contributed by atoms with E-state index in [9.17, 15) is 0 Å². The quantitative estimate of drug-likeness (QED) is 0.701. The van der Waals surface area contributed by atoms with Gasteiger partial charge in [-0.3, -0.25) is 4.90 Å². The Balaban J connectivity index is 1.72. The Morgan fingerprint density at radius 2 is 2.08 bits per heavy atom. The van der Waals surface area contributed by atoms with E-state index < -0.39 is 0 Å². The summed E-state index contributed by atoms with van der Waals surface area (Å²) >= 11 is 1.76. The van der Waals surface area contributed by atoms with Gasteiger partial charge < -0.3 is 15.8 Å². The summed E-state index contributed by atoms with van der Waals surface area (Å²) in [5, 5.41) is 4.70. The zero-order valence-electron chi connectivity index (χ0n) is 14.8. The van der Waals surface area contributed by atoms with Crippen LogP contribution >= 0.6 is 11.3 Å². The summed E-state index contributed by atoms with van der Waals surface area (Å²) in [7, 11) is 0. The zero-order valence-corrected chi connectivity index (χ0v) is 15.6. The summed E-state index contributed by atoms with van der Waals surface area (Å²) in [6.07, 6.45) is 5.17. The number of fused-ring (bicyclic) bond motifs is 5. The Bertz CT molecular complexity index is 965. The van der Waals surface area contributed by atoms with Gasteiger partial charge in [0.05, 0.1) is 37.2 Å². The van der Waals surface area contributed by atoms with Crippen LogP contribution in [0.3, 0.4) is 0 Å². The molecule has 0 bridgehead atoms. The average Bonchev–Trinajstić information content (AvgIpc) is 3.30. The minimum Gasteiger partial charge on any atom is -0.373 e. The molecular weight excluding hydrogens is 348 g/mol. The second kappa shape index (κ2) is 6.61.